The second-order valence-corrected chi connectivity index (χ2v) is 6.31. The van der Waals surface area contributed by atoms with Gasteiger partial charge in [-0.15, -0.1) is 5.10 Å². The molecule has 28 heavy (non-hydrogen) atoms. The summed E-state index contributed by atoms with van der Waals surface area (Å²) in [6.45, 7) is 1.52. The molecule has 0 saturated carbocycles. The molecule has 0 radical (unpaired) electrons. The number of esters is 1. The molecule has 0 saturated heterocycles. The van der Waals surface area contributed by atoms with Gasteiger partial charge in [0.15, 0.2) is 0 Å². The first-order valence-corrected chi connectivity index (χ1v) is 8.77. The standard InChI is InChI=1S/C20H20N4O4/c1-13(24-19(26)15-10-6-7-11-16(15)22-23-24)18(25)21-17(20(27)28-2)12-14-8-4-3-5-9-14/h3-11,13,17H,12H2,1-2H3,(H,21,25)/t13-,17-/m1/s1. The number of hydrogen-bond donors (Lipinski definition) is 1. The minimum absolute atomic E-state index is 0.268. The lowest BCUT2D eigenvalue weighted by Gasteiger charge is -2.19. The first-order valence-electron chi connectivity index (χ1n) is 8.77. The molecule has 1 amide bonds. The van der Waals surface area contributed by atoms with Crippen LogP contribution in [0.25, 0.3) is 10.9 Å². The minimum atomic E-state index is -0.951. The Balaban J connectivity index is 1.82. The zero-order valence-corrected chi connectivity index (χ0v) is 15.5. The molecule has 0 unspecified atom stereocenters. The van der Waals surface area contributed by atoms with Crippen LogP contribution >= 0.6 is 0 Å². The molecule has 1 heterocycles. The molecular formula is C20H20N4O4. The van der Waals surface area contributed by atoms with Gasteiger partial charge in [0.05, 0.1) is 12.5 Å². The topological polar surface area (TPSA) is 103 Å². The van der Waals surface area contributed by atoms with E-state index in [0.717, 1.165) is 10.2 Å². The first kappa shape index (κ1) is 19.2. The van der Waals surface area contributed by atoms with Crippen LogP contribution in [-0.4, -0.2) is 40.0 Å². The van der Waals surface area contributed by atoms with Crippen molar-refractivity contribution in [2.75, 3.05) is 7.11 Å². The third-order valence-corrected chi connectivity index (χ3v) is 4.42. The quantitative estimate of drug-likeness (QED) is 0.646. The van der Waals surface area contributed by atoms with Crippen LogP contribution in [0.5, 0.6) is 0 Å². The van der Waals surface area contributed by atoms with Crippen LogP contribution in [0.15, 0.2) is 59.4 Å². The number of fused-ring (bicyclic) bond motifs is 1. The summed E-state index contributed by atoms with van der Waals surface area (Å²) in [6, 6.07) is 14.2. The van der Waals surface area contributed by atoms with E-state index in [9.17, 15) is 14.4 Å². The monoisotopic (exact) mass is 380 g/mol. The van der Waals surface area contributed by atoms with Crippen LogP contribution in [0.4, 0.5) is 0 Å². The number of methoxy groups -OCH3 is 1. The molecule has 1 N–H and O–H groups in total. The van der Waals surface area contributed by atoms with E-state index in [4.69, 9.17) is 4.74 Å². The number of benzene rings is 2. The number of aromatic nitrogens is 3. The number of nitrogens with zero attached hydrogens (tertiary/aromatic N) is 3. The van der Waals surface area contributed by atoms with Crippen molar-refractivity contribution in [3.05, 3.63) is 70.5 Å². The first-order chi connectivity index (χ1) is 13.5. The smallest absolute Gasteiger partial charge is 0.328 e. The van der Waals surface area contributed by atoms with E-state index in [-0.39, 0.29) is 6.42 Å². The van der Waals surface area contributed by atoms with Gasteiger partial charge in [-0.3, -0.25) is 9.59 Å². The SMILES string of the molecule is COC(=O)[C@@H](Cc1ccccc1)NC(=O)[C@@H](C)n1nnc2ccccc2c1=O. The Kier molecular flexibility index (Phi) is 5.78. The van der Waals surface area contributed by atoms with E-state index >= 15 is 0 Å². The van der Waals surface area contributed by atoms with Crippen molar-refractivity contribution in [2.45, 2.75) is 25.4 Å². The number of rotatable bonds is 6. The minimum Gasteiger partial charge on any atom is -0.467 e. The molecule has 0 bridgehead atoms. The third kappa shape index (κ3) is 4.06. The number of amides is 1. The molecule has 3 rings (SSSR count). The van der Waals surface area contributed by atoms with Gasteiger partial charge < -0.3 is 10.1 Å². The molecule has 8 nitrogen and oxygen atoms in total. The highest BCUT2D eigenvalue weighted by Gasteiger charge is 2.26. The van der Waals surface area contributed by atoms with Crippen LogP contribution in [0.1, 0.15) is 18.5 Å². The third-order valence-electron chi connectivity index (χ3n) is 4.42. The number of hydrogen-bond acceptors (Lipinski definition) is 6. The van der Waals surface area contributed by atoms with Crippen molar-refractivity contribution >= 4 is 22.8 Å². The van der Waals surface area contributed by atoms with Gasteiger partial charge in [0.2, 0.25) is 5.91 Å². The summed E-state index contributed by atoms with van der Waals surface area (Å²) in [5.41, 5.74) is 0.896. The number of carbonyl (C=O) groups excluding carboxylic acids is 2. The molecule has 3 aromatic rings. The van der Waals surface area contributed by atoms with E-state index in [0.29, 0.717) is 10.9 Å². The van der Waals surface area contributed by atoms with Gasteiger partial charge in [0.1, 0.15) is 17.6 Å². The van der Waals surface area contributed by atoms with E-state index in [1.165, 1.54) is 14.0 Å². The van der Waals surface area contributed by atoms with E-state index in [1.807, 2.05) is 30.3 Å². The molecule has 0 fully saturated rings. The second kappa shape index (κ2) is 8.43. The molecule has 0 aliphatic rings. The maximum atomic E-state index is 12.7. The summed E-state index contributed by atoms with van der Waals surface area (Å²) in [7, 11) is 1.26. The van der Waals surface area contributed by atoms with Gasteiger partial charge in [0.25, 0.3) is 5.56 Å². The average Bonchev–Trinajstić information content (AvgIpc) is 2.73. The van der Waals surface area contributed by atoms with Gasteiger partial charge in [-0.25, -0.2) is 4.79 Å². The van der Waals surface area contributed by atoms with Crippen molar-refractivity contribution in [3.8, 4) is 0 Å². The fraction of sp³-hybridized carbons (Fsp3) is 0.250. The van der Waals surface area contributed by atoms with Crippen LogP contribution in [-0.2, 0) is 20.7 Å². The maximum Gasteiger partial charge on any atom is 0.328 e. The molecular weight excluding hydrogens is 360 g/mol. The number of nitrogens with one attached hydrogen (secondary N) is 1. The van der Waals surface area contributed by atoms with Crippen LogP contribution in [0, 0.1) is 0 Å². The number of ether oxygens (including phenoxy) is 1. The molecule has 144 valence electrons. The second-order valence-electron chi connectivity index (χ2n) is 6.31. The van der Waals surface area contributed by atoms with Gasteiger partial charge >= 0.3 is 5.97 Å². The zero-order valence-electron chi connectivity index (χ0n) is 15.5. The summed E-state index contributed by atoms with van der Waals surface area (Å²) >= 11 is 0. The van der Waals surface area contributed by atoms with Gasteiger partial charge in [0, 0.05) is 6.42 Å². The highest BCUT2D eigenvalue weighted by molar-refractivity contribution is 5.86. The van der Waals surface area contributed by atoms with E-state index in [1.54, 1.807) is 24.3 Å². The molecule has 2 atom stereocenters. The highest BCUT2D eigenvalue weighted by atomic mass is 16.5. The van der Waals surface area contributed by atoms with Gasteiger partial charge in [-0.05, 0) is 24.6 Å². The number of carbonyl (C=O) groups is 2. The van der Waals surface area contributed by atoms with Gasteiger partial charge in [-0.2, -0.15) is 4.68 Å². The van der Waals surface area contributed by atoms with Crippen LogP contribution < -0.4 is 10.9 Å². The largest absolute Gasteiger partial charge is 0.467 e. The van der Waals surface area contributed by atoms with Crippen molar-refractivity contribution in [2.24, 2.45) is 0 Å². The summed E-state index contributed by atoms with van der Waals surface area (Å²) < 4.78 is 5.81. The lowest BCUT2D eigenvalue weighted by Crippen LogP contribution is -2.47. The lowest BCUT2D eigenvalue weighted by molar-refractivity contribution is -0.145. The van der Waals surface area contributed by atoms with Gasteiger partial charge in [-0.1, -0.05) is 47.7 Å². The highest BCUT2D eigenvalue weighted by Crippen LogP contribution is 2.09. The Morgan fingerprint density at radius 2 is 1.79 bits per heavy atom. The lowest BCUT2D eigenvalue weighted by atomic mass is 10.1. The fourth-order valence-corrected chi connectivity index (χ4v) is 2.84. The zero-order chi connectivity index (χ0) is 20.1. The summed E-state index contributed by atoms with van der Waals surface area (Å²) in [5.74, 6) is -1.10. The predicted octanol–water partition coefficient (Wildman–Crippen LogP) is 1.25. The van der Waals surface area contributed by atoms with E-state index < -0.39 is 29.5 Å². The summed E-state index contributed by atoms with van der Waals surface area (Å²) in [4.78, 5) is 37.5. The van der Waals surface area contributed by atoms with Crippen molar-refractivity contribution < 1.29 is 14.3 Å². The molecule has 0 spiro atoms. The van der Waals surface area contributed by atoms with Crippen LogP contribution in [0.2, 0.25) is 0 Å². The average molecular weight is 380 g/mol. The van der Waals surface area contributed by atoms with Crippen molar-refractivity contribution in [3.63, 3.8) is 0 Å². The fourth-order valence-electron chi connectivity index (χ4n) is 2.84. The Hall–Kier alpha value is -3.55. The molecule has 0 aliphatic heterocycles. The Labute approximate surface area is 161 Å². The Morgan fingerprint density at radius 1 is 1.11 bits per heavy atom. The predicted molar refractivity (Wildman–Crippen MR) is 103 cm³/mol. The summed E-state index contributed by atoms with van der Waals surface area (Å²) in [5, 5.41) is 10.9. The van der Waals surface area contributed by atoms with E-state index in [2.05, 4.69) is 15.6 Å². The Morgan fingerprint density at radius 3 is 2.50 bits per heavy atom. The van der Waals surface area contributed by atoms with Crippen molar-refractivity contribution in [1.29, 1.82) is 0 Å². The van der Waals surface area contributed by atoms with Crippen molar-refractivity contribution in [1.82, 2.24) is 20.3 Å². The molecule has 0 aliphatic carbocycles. The van der Waals surface area contributed by atoms with Crippen LogP contribution in [0.3, 0.4) is 0 Å². The molecule has 1 aromatic heterocycles. The summed E-state index contributed by atoms with van der Waals surface area (Å²) in [6.07, 6.45) is 0.268. The maximum absolute atomic E-state index is 12.7. The molecule has 2 aromatic carbocycles. The Bertz CT molecular complexity index is 1050. The molecule has 8 heteroatoms. The normalized spacial score (nSPS) is 12.9.